The summed E-state index contributed by atoms with van der Waals surface area (Å²) in [4.78, 5) is 13.8. The van der Waals surface area contributed by atoms with Crippen LogP contribution in [0.3, 0.4) is 0 Å². The van der Waals surface area contributed by atoms with Crippen LogP contribution < -0.4 is 4.72 Å². The molecule has 2 heterocycles. The van der Waals surface area contributed by atoms with Crippen molar-refractivity contribution in [3.05, 3.63) is 42.0 Å². The summed E-state index contributed by atoms with van der Waals surface area (Å²) in [6.07, 6.45) is 4.18. The minimum absolute atomic E-state index is 0.183. The molecule has 1 fully saturated rings. The van der Waals surface area contributed by atoms with Crippen molar-refractivity contribution in [1.29, 1.82) is 0 Å². The number of aromatic nitrogens is 2. The second-order valence-corrected chi connectivity index (χ2v) is 8.29. The average molecular weight is 380 g/mol. The number of sulfonamides is 1. The Balaban J connectivity index is 1.64. The highest BCUT2D eigenvalue weighted by molar-refractivity contribution is 7.88. The largest absolute Gasteiger partial charge is 0.342 e. The summed E-state index contributed by atoms with van der Waals surface area (Å²) in [7, 11) is -3.39. The number of carbonyl (C=O) groups excluding carboxylic acids is 1. The van der Waals surface area contributed by atoms with E-state index < -0.39 is 10.0 Å². The maximum absolute atomic E-state index is 13.5. The lowest BCUT2D eigenvalue weighted by atomic mass is 9.89. The van der Waals surface area contributed by atoms with Gasteiger partial charge in [-0.1, -0.05) is 12.1 Å². The van der Waals surface area contributed by atoms with E-state index in [1.807, 2.05) is 6.07 Å². The summed E-state index contributed by atoms with van der Waals surface area (Å²) in [6.45, 7) is 0.856. The maximum Gasteiger partial charge on any atom is 0.237 e. The Morgan fingerprint density at radius 3 is 2.77 bits per heavy atom. The third-order valence-electron chi connectivity index (χ3n) is 4.55. The molecule has 0 bridgehead atoms. The van der Waals surface area contributed by atoms with Crippen LogP contribution in [0.5, 0.6) is 0 Å². The number of aromatic amines is 1. The van der Waals surface area contributed by atoms with Gasteiger partial charge in [0.1, 0.15) is 5.82 Å². The topological polar surface area (TPSA) is 95.2 Å². The zero-order valence-corrected chi connectivity index (χ0v) is 15.2. The molecular weight excluding hydrogens is 359 g/mol. The number of carbonyl (C=O) groups is 1. The zero-order chi connectivity index (χ0) is 18.7. The Morgan fingerprint density at radius 1 is 1.38 bits per heavy atom. The molecule has 2 N–H and O–H groups in total. The second kappa shape index (κ2) is 7.55. The lowest BCUT2D eigenvalue weighted by Crippen LogP contribution is -2.43. The van der Waals surface area contributed by atoms with Crippen LogP contribution in [0.4, 0.5) is 4.39 Å². The van der Waals surface area contributed by atoms with Crippen LogP contribution >= 0.6 is 0 Å². The Bertz CT molecular complexity index is 889. The molecule has 1 aliphatic rings. The van der Waals surface area contributed by atoms with Gasteiger partial charge in [-0.05, 0) is 30.5 Å². The number of nitrogens with one attached hydrogen (secondary N) is 2. The highest BCUT2D eigenvalue weighted by atomic mass is 32.2. The summed E-state index contributed by atoms with van der Waals surface area (Å²) < 4.78 is 37.9. The molecule has 26 heavy (non-hydrogen) atoms. The third-order valence-corrected chi connectivity index (χ3v) is 5.21. The summed E-state index contributed by atoms with van der Waals surface area (Å²) in [5.74, 6) is -0.347. The molecule has 0 aliphatic carbocycles. The van der Waals surface area contributed by atoms with Crippen LogP contribution in [0.2, 0.25) is 0 Å². The number of H-pyrrole nitrogens is 1. The normalized spacial score (nSPS) is 16.0. The molecule has 0 saturated carbocycles. The number of amides is 1. The van der Waals surface area contributed by atoms with E-state index in [2.05, 4.69) is 14.9 Å². The standard InChI is InChI=1S/C17H21FN4O3S/c1-26(24,25)20-11-16(23)22-7-5-12(6-8-22)17-15(10-19-21-17)13-3-2-4-14(18)9-13/h2-4,9-10,12,20H,5-8,11H2,1H3,(H,19,21). The molecule has 0 radical (unpaired) electrons. The number of hydrogen-bond donors (Lipinski definition) is 2. The molecule has 0 unspecified atom stereocenters. The first-order chi connectivity index (χ1) is 12.3. The van der Waals surface area contributed by atoms with E-state index in [0.29, 0.717) is 13.1 Å². The molecular formula is C17H21FN4O3S. The van der Waals surface area contributed by atoms with Crippen LogP contribution in [-0.2, 0) is 14.8 Å². The average Bonchev–Trinajstić information content (AvgIpc) is 3.09. The van der Waals surface area contributed by atoms with Crippen LogP contribution in [-0.4, -0.2) is 55.3 Å². The summed E-state index contributed by atoms with van der Waals surface area (Å²) in [5, 5.41) is 7.12. The minimum atomic E-state index is -3.39. The lowest BCUT2D eigenvalue weighted by Gasteiger charge is -2.32. The maximum atomic E-state index is 13.5. The van der Waals surface area contributed by atoms with Crippen molar-refractivity contribution in [3.63, 3.8) is 0 Å². The number of benzene rings is 1. The van der Waals surface area contributed by atoms with Crippen LogP contribution in [0.25, 0.3) is 11.1 Å². The fourth-order valence-corrected chi connectivity index (χ4v) is 3.60. The van der Waals surface area contributed by atoms with Crippen molar-refractivity contribution >= 4 is 15.9 Å². The molecule has 9 heteroatoms. The van der Waals surface area contributed by atoms with Gasteiger partial charge >= 0.3 is 0 Å². The number of nitrogens with zero attached hydrogens (tertiary/aromatic N) is 2. The van der Waals surface area contributed by atoms with Gasteiger partial charge in [0.05, 0.1) is 19.0 Å². The van der Waals surface area contributed by atoms with Crippen LogP contribution in [0, 0.1) is 5.82 Å². The van der Waals surface area contributed by atoms with Gasteiger partial charge in [0.25, 0.3) is 0 Å². The molecule has 2 aromatic rings. The van der Waals surface area contributed by atoms with E-state index >= 15 is 0 Å². The highest BCUT2D eigenvalue weighted by Gasteiger charge is 2.27. The van der Waals surface area contributed by atoms with Gasteiger partial charge in [-0.15, -0.1) is 0 Å². The predicted octanol–water partition coefficient (Wildman–Crippen LogP) is 1.47. The molecule has 3 rings (SSSR count). The van der Waals surface area contributed by atoms with Crippen LogP contribution in [0.1, 0.15) is 24.5 Å². The first-order valence-electron chi connectivity index (χ1n) is 8.35. The Labute approximate surface area is 151 Å². The quantitative estimate of drug-likeness (QED) is 0.821. The smallest absolute Gasteiger partial charge is 0.237 e. The van der Waals surface area contributed by atoms with Gasteiger partial charge in [-0.2, -0.15) is 5.10 Å². The fourth-order valence-electron chi connectivity index (χ4n) is 3.22. The zero-order valence-electron chi connectivity index (χ0n) is 14.4. The molecule has 0 spiro atoms. The van der Waals surface area contributed by atoms with Gasteiger partial charge in [-0.3, -0.25) is 9.89 Å². The van der Waals surface area contributed by atoms with Gasteiger partial charge in [0, 0.05) is 30.3 Å². The van der Waals surface area contributed by atoms with Crippen molar-refractivity contribution < 1.29 is 17.6 Å². The third kappa shape index (κ3) is 4.47. The summed E-state index contributed by atoms with van der Waals surface area (Å²) >= 11 is 0. The van der Waals surface area contributed by atoms with E-state index in [9.17, 15) is 17.6 Å². The monoisotopic (exact) mass is 380 g/mol. The van der Waals surface area contributed by atoms with Crippen molar-refractivity contribution in [2.24, 2.45) is 0 Å². The minimum Gasteiger partial charge on any atom is -0.342 e. The molecule has 0 atom stereocenters. The van der Waals surface area contributed by atoms with Gasteiger partial charge < -0.3 is 4.90 Å². The molecule has 1 amide bonds. The molecule has 1 aliphatic heterocycles. The number of hydrogen-bond acceptors (Lipinski definition) is 4. The first-order valence-corrected chi connectivity index (χ1v) is 10.2. The number of piperidine rings is 1. The van der Waals surface area contributed by atoms with Gasteiger partial charge in [0.15, 0.2) is 0 Å². The van der Waals surface area contributed by atoms with Crippen molar-refractivity contribution in [2.45, 2.75) is 18.8 Å². The summed E-state index contributed by atoms with van der Waals surface area (Å²) in [6, 6.07) is 6.38. The summed E-state index contributed by atoms with van der Waals surface area (Å²) in [5.41, 5.74) is 2.58. The van der Waals surface area contributed by atoms with Crippen molar-refractivity contribution in [2.75, 3.05) is 25.9 Å². The van der Waals surface area contributed by atoms with E-state index in [0.717, 1.165) is 35.9 Å². The van der Waals surface area contributed by atoms with Crippen molar-refractivity contribution in [3.8, 4) is 11.1 Å². The molecule has 140 valence electrons. The highest BCUT2D eigenvalue weighted by Crippen LogP contribution is 2.34. The molecule has 7 nitrogen and oxygen atoms in total. The Hall–Kier alpha value is -2.26. The predicted molar refractivity (Wildman–Crippen MR) is 95.4 cm³/mol. The van der Waals surface area contributed by atoms with Crippen molar-refractivity contribution in [1.82, 2.24) is 19.8 Å². The van der Waals surface area contributed by atoms with Crippen LogP contribution in [0.15, 0.2) is 30.5 Å². The van der Waals surface area contributed by atoms with E-state index in [1.54, 1.807) is 17.2 Å². The van der Waals surface area contributed by atoms with E-state index in [1.165, 1.54) is 12.1 Å². The molecule has 1 aromatic carbocycles. The first kappa shape index (κ1) is 18.5. The second-order valence-electron chi connectivity index (χ2n) is 6.46. The van der Waals surface area contributed by atoms with Gasteiger partial charge in [0.2, 0.25) is 15.9 Å². The Kier molecular flexibility index (Phi) is 5.38. The van der Waals surface area contributed by atoms with Gasteiger partial charge in [-0.25, -0.2) is 17.5 Å². The number of rotatable bonds is 5. The van der Waals surface area contributed by atoms with E-state index in [4.69, 9.17) is 0 Å². The molecule has 1 aromatic heterocycles. The number of halogens is 1. The lowest BCUT2D eigenvalue weighted by molar-refractivity contribution is -0.130. The molecule has 1 saturated heterocycles. The SMILES string of the molecule is CS(=O)(=O)NCC(=O)N1CCC(c2[nH]ncc2-c2cccc(F)c2)CC1. The number of likely N-dealkylation sites (tertiary alicyclic amines) is 1. The van der Waals surface area contributed by atoms with E-state index in [-0.39, 0.29) is 24.2 Å². The fraction of sp³-hybridized carbons (Fsp3) is 0.412. The Morgan fingerprint density at radius 2 is 2.12 bits per heavy atom.